The Morgan fingerprint density at radius 1 is 1.32 bits per heavy atom. The minimum absolute atomic E-state index is 0.0435. The molecule has 0 bridgehead atoms. The van der Waals surface area contributed by atoms with E-state index in [1.54, 1.807) is 23.4 Å². The zero-order valence-corrected chi connectivity index (χ0v) is 16.0. The van der Waals surface area contributed by atoms with Gasteiger partial charge in [-0.1, -0.05) is 5.16 Å². The summed E-state index contributed by atoms with van der Waals surface area (Å²) in [5, 5.41) is 3.81. The van der Waals surface area contributed by atoms with Crippen LogP contribution in [0.5, 0.6) is 0 Å². The molecule has 0 spiro atoms. The zero-order valence-electron chi connectivity index (χ0n) is 16.0. The lowest BCUT2D eigenvalue weighted by Crippen LogP contribution is -2.46. The van der Waals surface area contributed by atoms with Crippen molar-refractivity contribution in [2.75, 3.05) is 13.1 Å². The fourth-order valence-electron chi connectivity index (χ4n) is 3.66. The Labute approximate surface area is 159 Å². The Morgan fingerprint density at radius 3 is 2.82 bits per heavy atom. The minimum Gasteiger partial charge on any atom is -0.340 e. The number of rotatable bonds is 3. The predicted octanol–water partition coefficient (Wildman–Crippen LogP) is -0.469. The number of nitrogens with zero attached hydrogens (tertiary/aromatic N) is 7. The van der Waals surface area contributed by atoms with Crippen molar-refractivity contribution in [2.45, 2.75) is 32.2 Å². The van der Waals surface area contributed by atoms with Crippen LogP contribution in [0.1, 0.15) is 30.5 Å². The molecule has 1 aliphatic rings. The number of amides is 1. The maximum atomic E-state index is 12.9. The van der Waals surface area contributed by atoms with E-state index in [4.69, 9.17) is 4.52 Å². The highest BCUT2D eigenvalue weighted by Gasteiger charge is 2.29. The van der Waals surface area contributed by atoms with Crippen molar-refractivity contribution in [3.8, 4) is 0 Å². The van der Waals surface area contributed by atoms with Crippen molar-refractivity contribution in [3.05, 3.63) is 38.9 Å². The second-order valence-electron chi connectivity index (χ2n) is 7.12. The Morgan fingerprint density at radius 2 is 2.11 bits per heavy atom. The maximum absolute atomic E-state index is 12.9. The third-order valence-corrected chi connectivity index (χ3v) is 5.16. The van der Waals surface area contributed by atoms with Crippen LogP contribution in [-0.4, -0.2) is 52.7 Å². The quantitative estimate of drug-likeness (QED) is 0.596. The average Bonchev–Trinajstić information content (AvgIpc) is 3.29. The van der Waals surface area contributed by atoms with E-state index < -0.39 is 11.2 Å². The van der Waals surface area contributed by atoms with Crippen molar-refractivity contribution in [1.82, 2.24) is 33.7 Å². The van der Waals surface area contributed by atoms with Gasteiger partial charge in [0.05, 0.1) is 12.2 Å². The van der Waals surface area contributed by atoms with Crippen LogP contribution in [-0.2, 0) is 25.4 Å². The predicted molar refractivity (Wildman–Crippen MR) is 97.8 cm³/mol. The van der Waals surface area contributed by atoms with Gasteiger partial charge in [0.1, 0.15) is 6.54 Å². The van der Waals surface area contributed by atoms with Gasteiger partial charge in [-0.3, -0.25) is 14.2 Å². The summed E-state index contributed by atoms with van der Waals surface area (Å²) in [6.07, 6.45) is 3.10. The van der Waals surface area contributed by atoms with Gasteiger partial charge < -0.3 is 14.0 Å². The van der Waals surface area contributed by atoms with E-state index in [0.29, 0.717) is 30.5 Å². The smallest absolute Gasteiger partial charge is 0.332 e. The lowest BCUT2D eigenvalue weighted by molar-refractivity contribution is -0.133. The van der Waals surface area contributed by atoms with Crippen LogP contribution in [0.4, 0.5) is 0 Å². The van der Waals surface area contributed by atoms with Crippen LogP contribution in [0.25, 0.3) is 11.2 Å². The van der Waals surface area contributed by atoms with E-state index in [-0.39, 0.29) is 23.9 Å². The second kappa shape index (κ2) is 6.73. The number of imidazole rings is 1. The molecule has 0 aromatic carbocycles. The number of hydrogen-bond donors (Lipinski definition) is 0. The van der Waals surface area contributed by atoms with Crippen molar-refractivity contribution in [2.24, 2.45) is 14.1 Å². The Bertz CT molecular complexity index is 1170. The van der Waals surface area contributed by atoms with Gasteiger partial charge in [0.15, 0.2) is 17.0 Å². The molecular formula is C17H21N7O4. The molecule has 0 saturated carbocycles. The number of carbonyl (C=O) groups is 1. The molecule has 1 aliphatic heterocycles. The van der Waals surface area contributed by atoms with Crippen molar-refractivity contribution < 1.29 is 9.32 Å². The normalized spacial score (nSPS) is 17.4. The molecule has 4 heterocycles. The third-order valence-electron chi connectivity index (χ3n) is 5.16. The van der Waals surface area contributed by atoms with Gasteiger partial charge in [-0.15, -0.1) is 0 Å². The van der Waals surface area contributed by atoms with Gasteiger partial charge in [-0.25, -0.2) is 14.3 Å². The van der Waals surface area contributed by atoms with Gasteiger partial charge in [0.2, 0.25) is 11.8 Å². The molecule has 1 amide bonds. The number of aromatic nitrogens is 6. The second-order valence-corrected chi connectivity index (χ2v) is 7.12. The van der Waals surface area contributed by atoms with Gasteiger partial charge in [-0.2, -0.15) is 4.98 Å². The van der Waals surface area contributed by atoms with Gasteiger partial charge in [0, 0.05) is 27.2 Å². The van der Waals surface area contributed by atoms with Crippen LogP contribution in [0, 0.1) is 6.92 Å². The number of hydrogen-bond acceptors (Lipinski definition) is 7. The number of carbonyl (C=O) groups excluding carboxylic acids is 1. The first-order valence-electron chi connectivity index (χ1n) is 9.05. The summed E-state index contributed by atoms with van der Waals surface area (Å²) in [6.45, 7) is 2.41. The number of aryl methyl sites for hydroxylation is 3. The van der Waals surface area contributed by atoms with E-state index in [9.17, 15) is 14.4 Å². The van der Waals surface area contributed by atoms with Crippen LogP contribution in [0.15, 0.2) is 20.4 Å². The van der Waals surface area contributed by atoms with E-state index in [0.717, 1.165) is 17.4 Å². The summed E-state index contributed by atoms with van der Waals surface area (Å²) in [4.78, 5) is 48.2. The summed E-state index contributed by atoms with van der Waals surface area (Å²) < 4.78 is 9.03. The fourth-order valence-corrected chi connectivity index (χ4v) is 3.66. The zero-order chi connectivity index (χ0) is 20.0. The summed E-state index contributed by atoms with van der Waals surface area (Å²) in [6, 6.07) is 0. The highest BCUT2D eigenvalue weighted by Crippen LogP contribution is 2.25. The number of piperidine rings is 1. The molecule has 4 rings (SSSR count). The van der Waals surface area contributed by atoms with Crippen molar-refractivity contribution in [3.63, 3.8) is 0 Å². The molecule has 0 radical (unpaired) electrons. The van der Waals surface area contributed by atoms with Gasteiger partial charge >= 0.3 is 5.69 Å². The van der Waals surface area contributed by atoms with Crippen molar-refractivity contribution in [1.29, 1.82) is 0 Å². The molecule has 0 aliphatic carbocycles. The van der Waals surface area contributed by atoms with Crippen LogP contribution in [0.3, 0.4) is 0 Å². The van der Waals surface area contributed by atoms with E-state index in [2.05, 4.69) is 15.1 Å². The molecule has 28 heavy (non-hydrogen) atoms. The standard InChI is InChI=1S/C17H21N7O4/c1-10-19-15(28-20-10)11-5-4-6-23(7-11)12(25)8-24-16(26)13-14(18-9-21(13)2)22(3)17(24)27/h9,11H,4-8H2,1-3H3. The number of fused-ring (bicyclic) bond motifs is 1. The topological polar surface area (TPSA) is 121 Å². The van der Waals surface area contributed by atoms with Crippen LogP contribution in [0.2, 0.25) is 0 Å². The van der Waals surface area contributed by atoms with Gasteiger partial charge in [0.25, 0.3) is 5.56 Å². The average molecular weight is 387 g/mol. The summed E-state index contributed by atoms with van der Waals surface area (Å²) in [7, 11) is 3.21. The van der Waals surface area contributed by atoms with Crippen molar-refractivity contribution >= 4 is 17.1 Å². The summed E-state index contributed by atoms with van der Waals surface area (Å²) in [5.41, 5.74) is -0.503. The van der Waals surface area contributed by atoms with E-state index >= 15 is 0 Å². The highest BCUT2D eigenvalue weighted by atomic mass is 16.5. The Hall–Kier alpha value is -3.24. The van der Waals surface area contributed by atoms with Crippen LogP contribution >= 0.6 is 0 Å². The summed E-state index contributed by atoms with van der Waals surface area (Å²) >= 11 is 0. The maximum Gasteiger partial charge on any atom is 0.332 e. The van der Waals surface area contributed by atoms with E-state index in [1.807, 2.05) is 0 Å². The molecule has 3 aromatic heterocycles. The molecule has 1 unspecified atom stereocenters. The first-order chi connectivity index (χ1) is 13.4. The largest absolute Gasteiger partial charge is 0.340 e. The molecule has 3 aromatic rings. The molecular weight excluding hydrogens is 366 g/mol. The van der Waals surface area contributed by atoms with Crippen LogP contribution < -0.4 is 11.2 Å². The fraction of sp³-hybridized carbons (Fsp3) is 0.529. The first kappa shape index (κ1) is 18.1. The Balaban J connectivity index is 1.61. The minimum atomic E-state index is -0.564. The molecule has 148 valence electrons. The lowest BCUT2D eigenvalue weighted by atomic mass is 9.98. The van der Waals surface area contributed by atoms with E-state index in [1.165, 1.54) is 17.9 Å². The molecule has 11 nitrogen and oxygen atoms in total. The molecule has 1 fully saturated rings. The first-order valence-corrected chi connectivity index (χ1v) is 9.05. The molecule has 11 heteroatoms. The number of likely N-dealkylation sites (tertiary alicyclic amines) is 1. The monoisotopic (exact) mass is 387 g/mol. The third kappa shape index (κ3) is 2.92. The Kier molecular flexibility index (Phi) is 4.36. The van der Waals surface area contributed by atoms with Gasteiger partial charge in [-0.05, 0) is 19.8 Å². The molecule has 1 atom stereocenters. The lowest BCUT2D eigenvalue weighted by Gasteiger charge is -2.31. The SMILES string of the molecule is Cc1noc(C2CCCN(C(=O)Cn3c(=O)c4c(ncn4C)n(C)c3=O)C2)n1. The highest BCUT2D eigenvalue weighted by molar-refractivity contribution is 5.77. The molecule has 0 N–H and O–H groups in total. The summed E-state index contributed by atoms with van der Waals surface area (Å²) in [5.74, 6) is 0.733. The molecule has 1 saturated heterocycles.